The fourth-order valence-corrected chi connectivity index (χ4v) is 2.69. The molecule has 1 aromatic rings. The SMILES string of the molecule is C=C(C)C(O)Cc1c(CCCCC)cc(O)c(CC=C(C)C)c1O. The van der Waals surface area contributed by atoms with Crippen molar-refractivity contribution in [2.45, 2.75) is 72.3 Å². The predicted molar refractivity (Wildman–Crippen MR) is 101 cm³/mol. The Bertz CT molecular complexity index is 596. The zero-order valence-corrected chi connectivity index (χ0v) is 15.5. The lowest BCUT2D eigenvalue weighted by molar-refractivity contribution is 0.210. The number of aryl methyl sites for hydroxylation is 1. The van der Waals surface area contributed by atoms with Gasteiger partial charge in [-0.1, -0.05) is 43.6 Å². The second-order valence-corrected chi connectivity index (χ2v) is 6.87. The number of allylic oxidation sites excluding steroid dienone is 2. The molecule has 0 aromatic heterocycles. The minimum atomic E-state index is -0.693. The van der Waals surface area contributed by atoms with Crippen molar-refractivity contribution in [3.05, 3.63) is 46.6 Å². The maximum atomic E-state index is 10.7. The standard InChI is InChI=1S/C21H32O3/c1-6-7-8-9-16-12-20(23)17(11-10-14(2)3)21(24)18(16)13-19(22)15(4)5/h10,12,19,22-24H,4,6-9,11,13H2,1-3,5H3. The summed E-state index contributed by atoms with van der Waals surface area (Å²) in [4.78, 5) is 0. The lowest BCUT2D eigenvalue weighted by Gasteiger charge is -2.19. The Morgan fingerprint density at radius 3 is 2.38 bits per heavy atom. The van der Waals surface area contributed by atoms with Gasteiger partial charge in [0.1, 0.15) is 11.5 Å². The summed E-state index contributed by atoms with van der Waals surface area (Å²) in [7, 11) is 0. The smallest absolute Gasteiger partial charge is 0.126 e. The molecule has 0 saturated heterocycles. The molecule has 0 aliphatic carbocycles. The third-order valence-corrected chi connectivity index (χ3v) is 4.31. The number of unbranched alkanes of at least 4 members (excludes halogenated alkanes) is 2. The molecule has 0 spiro atoms. The first kappa shape index (κ1) is 20.3. The van der Waals surface area contributed by atoms with Crippen molar-refractivity contribution in [1.29, 1.82) is 0 Å². The van der Waals surface area contributed by atoms with Crippen molar-refractivity contribution >= 4 is 0 Å². The van der Waals surface area contributed by atoms with Crippen LogP contribution in [0.1, 0.15) is 63.6 Å². The van der Waals surface area contributed by atoms with Gasteiger partial charge in [0.15, 0.2) is 0 Å². The Hall–Kier alpha value is -1.74. The van der Waals surface area contributed by atoms with Gasteiger partial charge in [-0.2, -0.15) is 0 Å². The van der Waals surface area contributed by atoms with Gasteiger partial charge in [0.25, 0.3) is 0 Å². The molecule has 3 heteroatoms. The molecule has 3 N–H and O–H groups in total. The molecule has 1 aromatic carbocycles. The number of aromatic hydroxyl groups is 2. The topological polar surface area (TPSA) is 60.7 Å². The first-order valence-corrected chi connectivity index (χ1v) is 8.80. The Labute approximate surface area is 146 Å². The van der Waals surface area contributed by atoms with Crippen LogP contribution in [0.5, 0.6) is 11.5 Å². The number of hydrogen-bond donors (Lipinski definition) is 3. The Morgan fingerprint density at radius 1 is 1.17 bits per heavy atom. The van der Waals surface area contributed by atoms with Crippen LogP contribution in [-0.4, -0.2) is 21.4 Å². The van der Waals surface area contributed by atoms with Crippen LogP contribution in [-0.2, 0) is 19.3 Å². The number of aliphatic hydroxyl groups excluding tert-OH is 1. The van der Waals surface area contributed by atoms with E-state index in [0.717, 1.165) is 42.4 Å². The van der Waals surface area contributed by atoms with Crippen molar-refractivity contribution in [2.24, 2.45) is 0 Å². The molecule has 1 unspecified atom stereocenters. The number of hydrogen-bond acceptors (Lipinski definition) is 3. The lowest BCUT2D eigenvalue weighted by atomic mass is 9.91. The highest BCUT2D eigenvalue weighted by atomic mass is 16.3. The zero-order valence-electron chi connectivity index (χ0n) is 15.5. The summed E-state index contributed by atoms with van der Waals surface area (Å²) >= 11 is 0. The van der Waals surface area contributed by atoms with Gasteiger partial charge in [0.2, 0.25) is 0 Å². The van der Waals surface area contributed by atoms with Gasteiger partial charge in [-0.3, -0.25) is 0 Å². The van der Waals surface area contributed by atoms with E-state index in [9.17, 15) is 15.3 Å². The summed E-state index contributed by atoms with van der Waals surface area (Å²) in [6.45, 7) is 11.7. The fourth-order valence-electron chi connectivity index (χ4n) is 2.69. The molecule has 0 radical (unpaired) electrons. The molecular formula is C21H32O3. The van der Waals surface area contributed by atoms with E-state index in [1.807, 2.05) is 19.9 Å². The van der Waals surface area contributed by atoms with Crippen molar-refractivity contribution in [2.75, 3.05) is 0 Å². The minimum absolute atomic E-state index is 0.110. The molecule has 3 nitrogen and oxygen atoms in total. The van der Waals surface area contributed by atoms with Gasteiger partial charge in [-0.15, -0.1) is 0 Å². The monoisotopic (exact) mass is 332 g/mol. The van der Waals surface area contributed by atoms with Crippen LogP contribution in [0.4, 0.5) is 0 Å². The molecule has 0 aliphatic rings. The van der Waals surface area contributed by atoms with Crippen molar-refractivity contribution in [1.82, 2.24) is 0 Å². The summed E-state index contributed by atoms with van der Waals surface area (Å²) in [5.41, 5.74) is 3.98. The highest BCUT2D eigenvalue weighted by Crippen LogP contribution is 2.36. The van der Waals surface area contributed by atoms with Crippen LogP contribution >= 0.6 is 0 Å². The normalized spacial score (nSPS) is 12.0. The van der Waals surface area contributed by atoms with Crippen LogP contribution in [0.25, 0.3) is 0 Å². The van der Waals surface area contributed by atoms with E-state index in [2.05, 4.69) is 13.5 Å². The molecule has 0 fully saturated rings. The maximum absolute atomic E-state index is 10.7. The minimum Gasteiger partial charge on any atom is -0.508 e. The van der Waals surface area contributed by atoms with E-state index in [1.165, 1.54) is 0 Å². The Morgan fingerprint density at radius 2 is 1.83 bits per heavy atom. The second kappa shape index (κ2) is 9.53. The number of rotatable bonds is 9. The van der Waals surface area contributed by atoms with Crippen LogP contribution in [0.15, 0.2) is 29.9 Å². The number of phenolic OH excluding ortho intramolecular Hbond substituents is 2. The molecule has 1 atom stereocenters. The highest BCUT2D eigenvalue weighted by Gasteiger charge is 2.19. The molecule has 134 valence electrons. The molecular weight excluding hydrogens is 300 g/mol. The van der Waals surface area contributed by atoms with Gasteiger partial charge in [0, 0.05) is 17.5 Å². The first-order valence-electron chi connectivity index (χ1n) is 8.80. The van der Waals surface area contributed by atoms with E-state index < -0.39 is 6.10 Å². The fraction of sp³-hybridized carbons (Fsp3) is 0.524. The van der Waals surface area contributed by atoms with Crippen molar-refractivity contribution in [3.8, 4) is 11.5 Å². The number of benzene rings is 1. The quantitative estimate of drug-likeness (QED) is 0.449. The van der Waals surface area contributed by atoms with Crippen LogP contribution in [0, 0.1) is 0 Å². The van der Waals surface area contributed by atoms with Crippen molar-refractivity contribution in [3.63, 3.8) is 0 Å². The summed E-state index contributed by atoms with van der Waals surface area (Å²) in [6, 6.07) is 1.75. The number of phenols is 2. The lowest BCUT2D eigenvalue weighted by Crippen LogP contribution is -2.13. The van der Waals surface area contributed by atoms with Gasteiger partial charge in [0.05, 0.1) is 6.10 Å². The maximum Gasteiger partial charge on any atom is 0.126 e. The molecule has 0 amide bonds. The average molecular weight is 332 g/mol. The van der Waals surface area contributed by atoms with E-state index in [4.69, 9.17) is 0 Å². The van der Waals surface area contributed by atoms with Gasteiger partial charge in [-0.25, -0.2) is 0 Å². The molecule has 0 bridgehead atoms. The molecule has 1 rings (SSSR count). The summed E-state index contributed by atoms with van der Waals surface area (Å²) in [6.07, 6.45) is 6.08. The molecule has 24 heavy (non-hydrogen) atoms. The predicted octanol–water partition coefficient (Wildman–Crippen LogP) is 4.82. The van der Waals surface area contributed by atoms with Crippen molar-refractivity contribution < 1.29 is 15.3 Å². The zero-order chi connectivity index (χ0) is 18.3. The van der Waals surface area contributed by atoms with Gasteiger partial charge < -0.3 is 15.3 Å². The molecule has 0 heterocycles. The first-order chi connectivity index (χ1) is 11.3. The highest BCUT2D eigenvalue weighted by molar-refractivity contribution is 5.54. The number of aliphatic hydroxyl groups is 1. The average Bonchev–Trinajstić information content (AvgIpc) is 2.50. The largest absolute Gasteiger partial charge is 0.508 e. The third kappa shape index (κ3) is 5.72. The Balaban J connectivity index is 3.26. The third-order valence-electron chi connectivity index (χ3n) is 4.31. The van der Waals surface area contributed by atoms with Gasteiger partial charge >= 0.3 is 0 Å². The summed E-state index contributed by atoms with van der Waals surface area (Å²) in [5, 5.41) is 31.3. The van der Waals surface area contributed by atoms with E-state index >= 15 is 0 Å². The van der Waals surface area contributed by atoms with Crippen LogP contribution < -0.4 is 0 Å². The van der Waals surface area contributed by atoms with E-state index in [1.54, 1.807) is 13.0 Å². The summed E-state index contributed by atoms with van der Waals surface area (Å²) < 4.78 is 0. The van der Waals surface area contributed by atoms with Crippen LogP contribution in [0.2, 0.25) is 0 Å². The summed E-state index contributed by atoms with van der Waals surface area (Å²) in [5.74, 6) is 0.240. The molecule has 0 aliphatic heterocycles. The Kier molecular flexibility index (Phi) is 8.06. The molecule has 0 saturated carbocycles. The van der Waals surface area contributed by atoms with E-state index in [0.29, 0.717) is 24.0 Å². The van der Waals surface area contributed by atoms with Crippen LogP contribution in [0.3, 0.4) is 0 Å². The van der Waals surface area contributed by atoms with E-state index in [-0.39, 0.29) is 11.5 Å². The van der Waals surface area contributed by atoms with Gasteiger partial charge in [-0.05, 0) is 51.7 Å². The second-order valence-electron chi connectivity index (χ2n) is 6.87.